The third-order valence-corrected chi connectivity index (χ3v) is 3.50. The van der Waals surface area contributed by atoms with Crippen molar-refractivity contribution >= 4 is 0 Å². The third-order valence-electron chi connectivity index (χ3n) is 3.50. The van der Waals surface area contributed by atoms with E-state index in [0.29, 0.717) is 6.61 Å². The topological polar surface area (TPSA) is 32.7 Å². The average Bonchev–Trinajstić information content (AvgIpc) is 2.35. The van der Waals surface area contributed by atoms with Crippen molar-refractivity contribution < 1.29 is 9.84 Å². The second-order valence-corrected chi connectivity index (χ2v) is 4.70. The molecule has 0 aliphatic carbocycles. The lowest BCUT2D eigenvalue weighted by atomic mass is 9.92. The van der Waals surface area contributed by atoms with Crippen molar-refractivity contribution in [2.75, 3.05) is 20.2 Å². The summed E-state index contributed by atoms with van der Waals surface area (Å²) in [7, 11) is 2.05. The molecule has 2 atom stereocenters. The van der Waals surface area contributed by atoms with Crippen molar-refractivity contribution in [2.45, 2.75) is 31.6 Å². The van der Waals surface area contributed by atoms with Crippen LogP contribution in [0.5, 0.6) is 0 Å². The van der Waals surface area contributed by atoms with Gasteiger partial charge in [-0.15, -0.1) is 0 Å². The normalized spacial score (nSPS) is 30.4. The summed E-state index contributed by atoms with van der Waals surface area (Å²) in [5.74, 6) is -1.16. The summed E-state index contributed by atoms with van der Waals surface area (Å²) >= 11 is 0. The first-order valence-electron chi connectivity index (χ1n) is 6.30. The minimum atomic E-state index is -1.16. The first-order chi connectivity index (χ1) is 8.18. The van der Waals surface area contributed by atoms with Gasteiger partial charge in [-0.2, -0.15) is 0 Å². The summed E-state index contributed by atoms with van der Waals surface area (Å²) in [6, 6.07) is 9.73. The van der Waals surface area contributed by atoms with Crippen LogP contribution in [0.25, 0.3) is 0 Å². The molecule has 0 aromatic heterocycles. The van der Waals surface area contributed by atoms with E-state index < -0.39 is 5.79 Å². The minimum absolute atomic E-state index is 0.0312. The van der Waals surface area contributed by atoms with Crippen LogP contribution in [-0.4, -0.2) is 36.2 Å². The Morgan fingerprint density at radius 3 is 2.76 bits per heavy atom. The van der Waals surface area contributed by atoms with Gasteiger partial charge in [0, 0.05) is 12.1 Å². The fourth-order valence-corrected chi connectivity index (χ4v) is 2.54. The zero-order chi connectivity index (χ0) is 12.3. The van der Waals surface area contributed by atoms with Gasteiger partial charge in [0.15, 0.2) is 0 Å². The van der Waals surface area contributed by atoms with E-state index in [0.717, 1.165) is 24.9 Å². The van der Waals surface area contributed by atoms with Crippen LogP contribution in [0.15, 0.2) is 30.3 Å². The average molecular weight is 235 g/mol. The molecule has 0 bridgehead atoms. The highest BCUT2D eigenvalue weighted by Gasteiger charge is 2.44. The lowest BCUT2D eigenvalue weighted by Crippen LogP contribution is -2.56. The molecule has 1 aliphatic rings. The standard InChI is InChI=1S/C14H21NO2/c1-3-7-13-14(16,17-11-10-15(13)2)12-8-5-4-6-9-12/h4-6,8-9,13,16H,3,7,10-11H2,1-2H3. The molecule has 1 N–H and O–H groups in total. The molecule has 3 nitrogen and oxygen atoms in total. The zero-order valence-electron chi connectivity index (χ0n) is 10.6. The SMILES string of the molecule is CCCC1N(C)CCOC1(O)c1ccccc1. The number of nitrogens with zero attached hydrogens (tertiary/aromatic N) is 1. The molecule has 17 heavy (non-hydrogen) atoms. The van der Waals surface area contributed by atoms with Gasteiger partial charge in [-0.1, -0.05) is 43.7 Å². The molecular weight excluding hydrogens is 214 g/mol. The van der Waals surface area contributed by atoms with E-state index in [4.69, 9.17) is 4.74 Å². The molecule has 1 fully saturated rings. The van der Waals surface area contributed by atoms with Crippen molar-refractivity contribution in [2.24, 2.45) is 0 Å². The van der Waals surface area contributed by atoms with Gasteiger partial charge in [-0.25, -0.2) is 0 Å². The van der Waals surface area contributed by atoms with E-state index in [1.54, 1.807) is 0 Å². The number of morpholine rings is 1. The Morgan fingerprint density at radius 1 is 1.41 bits per heavy atom. The highest BCUT2D eigenvalue weighted by Crippen LogP contribution is 2.34. The monoisotopic (exact) mass is 235 g/mol. The Hall–Kier alpha value is -0.900. The second-order valence-electron chi connectivity index (χ2n) is 4.70. The maximum absolute atomic E-state index is 10.8. The van der Waals surface area contributed by atoms with Gasteiger partial charge in [0.05, 0.1) is 12.6 Å². The molecule has 2 unspecified atom stereocenters. The molecule has 1 aromatic rings. The Morgan fingerprint density at radius 2 is 2.12 bits per heavy atom. The molecule has 1 aliphatic heterocycles. The molecule has 0 amide bonds. The molecule has 1 saturated heterocycles. The number of benzene rings is 1. The minimum Gasteiger partial charge on any atom is -0.361 e. The van der Waals surface area contributed by atoms with E-state index in [2.05, 4.69) is 18.9 Å². The molecule has 2 rings (SSSR count). The Labute approximate surface area is 103 Å². The van der Waals surface area contributed by atoms with Crippen LogP contribution in [0.2, 0.25) is 0 Å². The van der Waals surface area contributed by atoms with Crippen molar-refractivity contribution in [3.8, 4) is 0 Å². The fraction of sp³-hybridized carbons (Fsp3) is 0.571. The van der Waals surface area contributed by atoms with Crippen LogP contribution in [0, 0.1) is 0 Å². The van der Waals surface area contributed by atoms with Crippen LogP contribution in [0.1, 0.15) is 25.3 Å². The summed E-state index contributed by atoms with van der Waals surface area (Å²) in [6.45, 7) is 3.58. The fourth-order valence-electron chi connectivity index (χ4n) is 2.54. The Kier molecular flexibility index (Phi) is 3.82. The summed E-state index contributed by atoms with van der Waals surface area (Å²) in [4.78, 5) is 2.19. The smallest absolute Gasteiger partial charge is 0.208 e. The quantitative estimate of drug-likeness (QED) is 0.869. The van der Waals surface area contributed by atoms with E-state index in [-0.39, 0.29) is 6.04 Å². The Bertz CT molecular complexity index is 354. The first-order valence-corrected chi connectivity index (χ1v) is 6.30. The maximum Gasteiger partial charge on any atom is 0.208 e. The maximum atomic E-state index is 10.8. The van der Waals surface area contributed by atoms with Crippen LogP contribution in [0.3, 0.4) is 0 Å². The van der Waals surface area contributed by atoms with E-state index in [1.807, 2.05) is 30.3 Å². The van der Waals surface area contributed by atoms with E-state index in [9.17, 15) is 5.11 Å². The van der Waals surface area contributed by atoms with Gasteiger partial charge in [0.1, 0.15) is 0 Å². The molecule has 0 saturated carbocycles. The number of likely N-dealkylation sites (N-methyl/N-ethyl adjacent to an activating group) is 1. The van der Waals surface area contributed by atoms with Crippen molar-refractivity contribution in [1.29, 1.82) is 0 Å². The Balaban J connectivity index is 2.31. The molecule has 94 valence electrons. The van der Waals surface area contributed by atoms with Gasteiger partial charge in [-0.05, 0) is 13.5 Å². The number of hydrogen-bond acceptors (Lipinski definition) is 3. The summed E-state index contributed by atoms with van der Waals surface area (Å²) in [6.07, 6.45) is 1.97. The van der Waals surface area contributed by atoms with Gasteiger partial charge in [0.2, 0.25) is 5.79 Å². The van der Waals surface area contributed by atoms with Gasteiger partial charge in [-0.3, -0.25) is 4.90 Å². The molecular formula is C14H21NO2. The van der Waals surface area contributed by atoms with E-state index >= 15 is 0 Å². The van der Waals surface area contributed by atoms with Gasteiger partial charge >= 0.3 is 0 Å². The zero-order valence-corrected chi connectivity index (χ0v) is 10.6. The van der Waals surface area contributed by atoms with Gasteiger partial charge in [0.25, 0.3) is 0 Å². The number of aliphatic hydroxyl groups is 1. The highest BCUT2D eigenvalue weighted by atomic mass is 16.6. The molecule has 1 aromatic carbocycles. The predicted molar refractivity (Wildman–Crippen MR) is 67.6 cm³/mol. The number of rotatable bonds is 3. The lowest BCUT2D eigenvalue weighted by molar-refractivity contribution is -0.276. The largest absolute Gasteiger partial charge is 0.361 e. The molecule has 3 heteroatoms. The predicted octanol–water partition coefficient (Wildman–Crippen LogP) is 1.96. The van der Waals surface area contributed by atoms with Crippen LogP contribution >= 0.6 is 0 Å². The van der Waals surface area contributed by atoms with Crippen molar-refractivity contribution in [3.63, 3.8) is 0 Å². The van der Waals surface area contributed by atoms with E-state index in [1.165, 1.54) is 0 Å². The van der Waals surface area contributed by atoms with Crippen molar-refractivity contribution in [1.82, 2.24) is 4.90 Å². The van der Waals surface area contributed by atoms with Crippen molar-refractivity contribution in [3.05, 3.63) is 35.9 Å². The van der Waals surface area contributed by atoms with Gasteiger partial charge < -0.3 is 9.84 Å². The second kappa shape index (κ2) is 5.17. The summed E-state index contributed by atoms with van der Waals surface area (Å²) in [5, 5.41) is 10.8. The summed E-state index contributed by atoms with van der Waals surface area (Å²) < 4.78 is 5.70. The van der Waals surface area contributed by atoms with Crippen LogP contribution in [-0.2, 0) is 10.5 Å². The number of ether oxygens (including phenoxy) is 1. The molecule has 0 spiro atoms. The highest BCUT2D eigenvalue weighted by molar-refractivity contribution is 5.22. The third kappa shape index (κ3) is 2.37. The van der Waals surface area contributed by atoms with Crippen LogP contribution < -0.4 is 0 Å². The number of hydrogen-bond donors (Lipinski definition) is 1. The first kappa shape index (κ1) is 12.6. The summed E-state index contributed by atoms with van der Waals surface area (Å²) in [5.41, 5.74) is 0.852. The lowest BCUT2D eigenvalue weighted by Gasteiger charge is -2.45. The van der Waals surface area contributed by atoms with Crippen LogP contribution in [0.4, 0.5) is 0 Å². The molecule has 1 heterocycles. The molecule has 0 radical (unpaired) electrons.